The zero-order chi connectivity index (χ0) is 15.0. The van der Waals surface area contributed by atoms with Crippen LogP contribution in [0.5, 0.6) is 5.75 Å². The number of rotatable bonds is 2. The highest BCUT2D eigenvalue weighted by molar-refractivity contribution is 5.67. The zero-order valence-electron chi connectivity index (χ0n) is 12.9. The fraction of sp³-hybridized carbons (Fsp3) is 0.278. The lowest BCUT2D eigenvalue weighted by atomic mass is 10.0. The number of fused-ring (bicyclic) bond motifs is 1. The Morgan fingerprint density at radius 2 is 1.90 bits per heavy atom. The van der Waals surface area contributed by atoms with Crippen LogP contribution in [-0.4, -0.2) is 15.0 Å². The van der Waals surface area contributed by atoms with Crippen LogP contribution in [-0.2, 0) is 0 Å². The van der Waals surface area contributed by atoms with Gasteiger partial charge in [-0.15, -0.1) is 0 Å². The first-order valence-corrected chi connectivity index (χ1v) is 7.16. The molecule has 0 fully saturated rings. The highest BCUT2D eigenvalue weighted by Gasteiger charge is 2.13. The molecule has 0 aliphatic heterocycles. The van der Waals surface area contributed by atoms with Crippen molar-refractivity contribution in [3.8, 4) is 17.0 Å². The van der Waals surface area contributed by atoms with E-state index in [2.05, 4.69) is 55.3 Å². The molecule has 21 heavy (non-hydrogen) atoms. The highest BCUT2D eigenvalue weighted by atomic mass is 16.5. The van der Waals surface area contributed by atoms with Crippen molar-refractivity contribution in [2.45, 2.75) is 33.3 Å². The molecule has 108 valence electrons. The Kier molecular flexibility index (Phi) is 3.20. The molecule has 0 aliphatic rings. The highest BCUT2D eigenvalue weighted by Crippen LogP contribution is 2.28. The number of imidazole rings is 1. The van der Waals surface area contributed by atoms with Gasteiger partial charge in [-0.25, -0.2) is 4.98 Å². The molecular formula is C18H20N2O. The molecule has 3 nitrogen and oxygen atoms in total. The second kappa shape index (κ2) is 4.92. The van der Waals surface area contributed by atoms with Crippen molar-refractivity contribution in [2.75, 3.05) is 0 Å². The Labute approximate surface area is 125 Å². The van der Waals surface area contributed by atoms with E-state index in [0.29, 0.717) is 0 Å². The van der Waals surface area contributed by atoms with Crippen LogP contribution in [0.4, 0.5) is 0 Å². The first kappa shape index (κ1) is 13.7. The monoisotopic (exact) mass is 280 g/mol. The fourth-order valence-corrected chi connectivity index (χ4v) is 2.51. The summed E-state index contributed by atoms with van der Waals surface area (Å²) in [6, 6.07) is 12.4. The largest absolute Gasteiger partial charge is 0.488 e. The van der Waals surface area contributed by atoms with Crippen LogP contribution >= 0.6 is 0 Å². The van der Waals surface area contributed by atoms with Gasteiger partial charge in [-0.3, -0.25) is 4.40 Å². The molecule has 0 spiro atoms. The van der Waals surface area contributed by atoms with Crippen molar-refractivity contribution in [2.24, 2.45) is 0 Å². The lowest BCUT2D eigenvalue weighted by molar-refractivity contribution is 0.131. The van der Waals surface area contributed by atoms with Gasteiger partial charge in [0, 0.05) is 18.0 Å². The number of aryl methyl sites for hydroxylation is 1. The second-order valence-corrected chi connectivity index (χ2v) is 6.26. The van der Waals surface area contributed by atoms with E-state index < -0.39 is 0 Å². The van der Waals surface area contributed by atoms with E-state index in [0.717, 1.165) is 17.1 Å². The van der Waals surface area contributed by atoms with E-state index in [9.17, 15) is 0 Å². The standard InChI is InChI=1S/C18H20N2O/c1-13-12-14(21-18(2,3)4)8-9-15(13)16-6-5-7-17-19-10-11-20(16)17/h5-12H,1-4H3. The van der Waals surface area contributed by atoms with Gasteiger partial charge in [0.05, 0.1) is 5.69 Å². The van der Waals surface area contributed by atoms with Gasteiger partial charge in [-0.05, 0) is 63.6 Å². The van der Waals surface area contributed by atoms with Gasteiger partial charge in [0.2, 0.25) is 0 Å². The average Bonchev–Trinajstić information content (AvgIpc) is 2.85. The summed E-state index contributed by atoms with van der Waals surface area (Å²) < 4.78 is 8.03. The molecule has 2 heterocycles. The molecule has 3 rings (SSSR count). The summed E-state index contributed by atoms with van der Waals surface area (Å²) in [4.78, 5) is 4.34. The molecule has 3 aromatic rings. The SMILES string of the molecule is Cc1cc(OC(C)(C)C)ccc1-c1cccc2nccn12. The van der Waals surface area contributed by atoms with Gasteiger partial charge in [0.15, 0.2) is 0 Å². The third-order valence-electron chi connectivity index (χ3n) is 3.33. The molecule has 0 saturated carbocycles. The van der Waals surface area contributed by atoms with E-state index in [4.69, 9.17) is 4.74 Å². The minimum Gasteiger partial charge on any atom is -0.488 e. The van der Waals surface area contributed by atoms with Gasteiger partial charge in [0.25, 0.3) is 0 Å². The third-order valence-corrected chi connectivity index (χ3v) is 3.33. The van der Waals surface area contributed by atoms with Crippen LogP contribution in [0.3, 0.4) is 0 Å². The molecule has 3 heteroatoms. The topological polar surface area (TPSA) is 26.5 Å². The Morgan fingerprint density at radius 3 is 2.62 bits per heavy atom. The van der Waals surface area contributed by atoms with Crippen LogP contribution in [0.15, 0.2) is 48.8 Å². The normalized spacial score (nSPS) is 11.8. The van der Waals surface area contributed by atoms with Crippen molar-refractivity contribution in [3.05, 3.63) is 54.4 Å². The molecule has 0 bridgehead atoms. The summed E-state index contributed by atoms with van der Waals surface area (Å²) in [5.41, 5.74) is 4.31. The Hall–Kier alpha value is -2.29. The summed E-state index contributed by atoms with van der Waals surface area (Å²) in [7, 11) is 0. The number of ether oxygens (including phenoxy) is 1. The predicted octanol–water partition coefficient (Wildman–Crippen LogP) is 4.49. The summed E-state index contributed by atoms with van der Waals surface area (Å²) in [5, 5.41) is 0. The van der Waals surface area contributed by atoms with Gasteiger partial charge in [-0.2, -0.15) is 0 Å². The average molecular weight is 280 g/mol. The number of hydrogen-bond donors (Lipinski definition) is 0. The maximum absolute atomic E-state index is 5.93. The first-order valence-electron chi connectivity index (χ1n) is 7.16. The smallest absolute Gasteiger partial charge is 0.137 e. The summed E-state index contributed by atoms with van der Waals surface area (Å²) >= 11 is 0. The van der Waals surface area contributed by atoms with Crippen molar-refractivity contribution in [1.29, 1.82) is 0 Å². The quantitative estimate of drug-likeness (QED) is 0.691. The minimum absolute atomic E-state index is 0.182. The van der Waals surface area contributed by atoms with Crippen LogP contribution in [0.1, 0.15) is 26.3 Å². The number of nitrogens with zero attached hydrogens (tertiary/aromatic N) is 2. The number of aromatic nitrogens is 2. The van der Waals surface area contributed by atoms with Crippen LogP contribution < -0.4 is 4.74 Å². The molecule has 0 saturated heterocycles. The van der Waals surface area contributed by atoms with Gasteiger partial charge in [-0.1, -0.05) is 6.07 Å². The first-order chi connectivity index (χ1) is 9.94. The molecule has 0 atom stereocenters. The minimum atomic E-state index is -0.182. The Balaban J connectivity index is 2.05. The van der Waals surface area contributed by atoms with Crippen molar-refractivity contribution in [1.82, 2.24) is 9.38 Å². The predicted molar refractivity (Wildman–Crippen MR) is 85.7 cm³/mol. The Bertz CT molecular complexity index is 781. The number of pyridine rings is 1. The van der Waals surface area contributed by atoms with Gasteiger partial charge >= 0.3 is 0 Å². The van der Waals surface area contributed by atoms with Crippen LogP contribution in [0.25, 0.3) is 16.9 Å². The molecule has 0 unspecified atom stereocenters. The fourth-order valence-electron chi connectivity index (χ4n) is 2.51. The Morgan fingerprint density at radius 1 is 1.10 bits per heavy atom. The van der Waals surface area contributed by atoms with Crippen molar-refractivity contribution < 1.29 is 4.74 Å². The zero-order valence-corrected chi connectivity index (χ0v) is 12.9. The van der Waals surface area contributed by atoms with Gasteiger partial charge < -0.3 is 4.74 Å². The third kappa shape index (κ3) is 2.77. The van der Waals surface area contributed by atoms with E-state index in [-0.39, 0.29) is 5.60 Å². The summed E-state index contributed by atoms with van der Waals surface area (Å²) in [5.74, 6) is 0.904. The lowest BCUT2D eigenvalue weighted by Crippen LogP contribution is -2.22. The van der Waals surface area contributed by atoms with E-state index >= 15 is 0 Å². The van der Waals surface area contributed by atoms with Gasteiger partial charge in [0.1, 0.15) is 17.0 Å². The van der Waals surface area contributed by atoms with Crippen molar-refractivity contribution in [3.63, 3.8) is 0 Å². The number of benzene rings is 1. The van der Waals surface area contributed by atoms with E-state index in [1.54, 1.807) is 0 Å². The number of hydrogen-bond acceptors (Lipinski definition) is 2. The van der Waals surface area contributed by atoms with Crippen LogP contribution in [0, 0.1) is 6.92 Å². The molecule has 2 aromatic heterocycles. The maximum Gasteiger partial charge on any atom is 0.137 e. The second-order valence-electron chi connectivity index (χ2n) is 6.26. The van der Waals surface area contributed by atoms with E-state index in [1.807, 2.05) is 30.6 Å². The molecule has 0 N–H and O–H groups in total. The molecule has 0 aliphatic carbocycles. The van der Waals surface area contributed by atoms with Crippen molar-refractivity contribution >= 4 is 5.65 Å². The summed E-state index contributed by atoms with van der Waals surface area (Å²) in [6.45, 7) is 8.29. The summed E-state index contributed by atoms with van der Waals surface area (Å²) in [6.07, 6.45) is 3.81. The van der Waals surface area contributed by atoms with E-state index in [1.165, 1.54) is 11.1 Å². The maximum atomic E-state index is 5.93. The molecular weight excluding hydrogens is 260 g/mol. The molecule has 0 radical (unpaired) electrons. The molecule has 0 amide bonds. The molecule has 1 aromatic carbocycles. The lowest BCUT2D eigenvalue weighted by Gasteiger charge is -2.22. The van der Waals surface area contributed by atoms with Crippen LogP contribution in [0.2, 0.25) is 0 Å².